The SMILES string of the molecule is Cc1cc(C)c(-c2csc(NC(=O)C(=O)O)n2)c(O)c1.NCCO. The number of benzene rings is 1. The molecule has 0 aliphatic carbocycles. The van der Waals surface area contributed by atoms with Gasteiger partial charge in [0.15, 0.2) is 5.13 Å². The summed E-state index contributed by atoms with van der Waals surface area (Å²) in [5, 5.41) is 30.2. The van der Waals surface area contributed by atoms with Crippen LogP contribution in [0.3, 0.4) is 0 Å². The number of hydrogen-bond donors (Lipinski definition) is 5. The number of nitrogens with zero attached hydrogens (tertiary/aromatic N) is 1. The molecule has 6 N–H and O–H groups in total. The topological polar surface area (TPSA) is 146 Å². The Morgan fingerprint density at radius 2 is 1.96 bits per heavy atom. The Bertz CT molecular complexity index is 705. The van der Waals surface area contributed by atoms with Crippen LogP contribution in [0.5, 0.6) is 5.75 Å². The first-order valence-corrected chi connectivity index (χ1v) is 7.79. The number of anilines is 1. The lowest BCUT2D eigenvalue weighted by atomic mass is 10.0. The number of aromatic nitrogens is 1. The number of aliphatic hydroxyl groups is 1. The second kappa shape index (κ2) is 8.96. The summed E-state index contributed by atoms with van der Waals surface area (Å²) in [5.41, 5.74) is 7.62. The van der Waals surface area contributed by atoms with E-state index in [0.29, 0.717) is 17.8 Å². The maximum absolute atomic E-state index is 11.0. The van der Waals surface area contributed by atoms with Gasteiger partial charge in [-0.1, -0.05) is 6.07 Å². The molecule has 0 saturated carbocycles. The van der Waals surface area contributed by atoms with Gasteiger partial charge in [0.05, 0.1) is 12.3 Å². The lowest BCUT2D eigenvalue weighted by molar-refractivity contribution is -0.147. The number of phenols is 1. The predicted molar refractivity (Wildman–Crippen MR) is 91.1 cm³/mol. The van der Waals surface area contributed by atoms with Crippen molar-refractivity contribution in [1.29, 1.82) is 0 Å². The van der Waals surface area contributed by atoms with Crippen LogP contribution in [-0.4, -0.2) is 45.3 Å². The molecule has 0 spiro atoms. The molecule has 1 aromatic heterocycles. The van der Waals surface area contributed by atoms with Gasteiger partial charge in [0.25, 0.3) is 0 Å². The number of thiazole rings is 1. The molecule has 2 aromatic rings. The fraction of sp³-hybridized carbons (Fsp3) is 0.267. The van der Waals surface area contributed by atoms with Gasteiger partial charge in [-0.2, -0.15) is 0 Å². The smallest absolute Gasteiger partial charge is 0.394 e. The van der Waals surface area contributed by atoms with E-state index in [4.69, 9.17) is 15.9 Å². The number of hydrogen-bond acceptors (Lipinski definition) is 7. The van der Waals surface area contributed by atoms with Crippen LogP contribution >= 0.6 is 11.3 Å². The molecule has 2 rings (SSSR count). The summed E-state index contributed by atoms with van der Waals surface area (Å²) >= 11 is 1.09. The van der Waals surface area contributed by atoms with Crippen LogP contribution in [0.4, 0.5) is 5.13 Å². The maximum atomic E-state index is 11.0. The van der Waals surface area contributed by atoms with Gasteiger partial charge in [-0.15, -0.1) is 11.3 Å². The number of carboxylic acids is 1. The minimum Gasteiger partial charge on any atom is -0.507 e. The zero-order valence-corrected chi connectivity index (χ0v) is 14.1. The van der Waals surface area contributed by atoms with Gasteiger partial charge in [0, 0.05) is 17.5 Å². The van der Waals surface area contributed by atoms with Crippen molar-refractivity contribution in [2.45, 2.75) is 13.8 Å². The summed E-state index contributed by atoms with van der Waals surface area (Å²) in [7, 11) is 0. The molecule has 1 heterocycles. The van der Waals surface area contributed by atoms with E-state index < -0.39 is 11.9 Å². The molecule has 0 radical (unpaired) electrons. The molecule has 0 saturated heterocycles. The van der Waals surface area contributed by atoms with Crippen molar-refractivity contribution < 1.29 is 24.9 Å². The Labute approximate surface area is 142 Å². The molecule has 24 heavy (non-hydrogen) atoms. The molecule has 0 aliphatic heterocycles. The molecular weight excluding hydrogens is 334 g/mol. The highest BCUT2D eigenvalue weighted by atomic mass is 32.1. The lowest BCUT2D eigenvalue weighted by Gasteiger charge is -2.07. The van der Waals surface area contributed by atoms with E-state index in [1.807, 2.05) is 19.9 Å². The number of carboxylic acid groups (broad SMARTS) is 1. The first-order valence-electron chi connectivity index (χ1n) is 6.91. The normalized spacial score (nSPS) is 9.83. The highest BCUT2D eigenvalue weighted by molar-refractivity contribution is 7.14. The van der Waals surface area contributed by atoms with Gasteiger partial charge in [-0.25, -0.2) is 9.78 Å². The van der Waals surface area contributed by atoms with E-state index in [-0.39, 0.29) is 17.5 Å². The third-order valence-corrected chi connectivity index (χ3v) is 3.52. The minimum absolute atomic E-state index is 0.0972. The third-order valence-electron chi connectivity index (χ3n) is 2.76. The Morgan fingerprint density at radius 1 is 1.33 bits per heavy atom. The predicted octanol–water partition coefficient (Wildman–Crippen LogP) is 1.09. The number of nitrogens with one attached hydrogen (secondary N) is 1. The van der Waals surface area contributed by atoms with E-state index in [0.717, 1.165) is 22.5 Å². The molecule has 130 valence electrons. The van der Waals surface area contributed by atoms with Crippen molar-refractivity contribution >= 4 is 28.3 Å². The summed E-state index contributed by atoms with van der Waals surface area (Å²) < 4.78 is 0. The van der Waals surface area contributed by atoms with Crippen LogP contribution in [0.1, 0.15) is 11.1 Å². The average molecular weight is 353 g/mol. The number of phenolic OH excluding ortho intramolecular Hbond substituents is 1. The zero-order valence-electron chi connectivity index (χ0n) is 13.2. The molecule has 0 atom stereocenters. The molecule has 1 amide bonds. The fourth-order valence-corrected chi connectivity index (χ4v) is 2.57. The number of aromatic hydroxyl groups is 1. The summed E-state index contributed by atoms with van der Waals surface area (Å²) in [6.45, 7) is 4.19. The van der Waals surface area contributed by atoms with Crippen molar-refractivity contribution in [3.8, 4) is 17.0 Å². The van der Waals surface area contributed by atoms with Gasteiger partial charge in [-0.3, -0.25) is 10.1 Å². The Kier molecular flexibility index (Phi) is 7.31. The number of aryl methyl sites for hydroxylation is 2. The van der Waals surface area contributed by atoms with Crippen LogP contribution < -0.4 is 11.1 Å². The number of carbonyl (C=O) groups is 2. The number of rotatable bonds is 3. The lowest BCUT2D eigenvalue weighted by Crippen LogP contribution is -2.21. The van der Waals surface area contributed by atoms with Gasteiger partial charge in [-0.05, 0) is 31.0 Å². The highest BCUT2D eigenvalue weighted by Crippen LogP contribution is 2.35. The van der Waals surface area contributed by atoms with Crippen LogP contribution in [0, 0.1) is 13.8 Å². The summed E-state index contributed by atoms with van der Waals surface area (Å²) in [5.74, 6) is -2.62. The number of carbonyl (C=O) groups excluding carboxylic acids is 1. The Morgan fingerprint density at radius 3 is 2.46 bits per heavy atom. The number of aliphatic carboxylic acids is 1. The molecule has 0 bridgehead atoms. The first-order chi connectivity index (χ1) is 11.3. The minimum atomic E-state index is -1.57. The molecule has 9 heteroatoms. The van der Waals surface area contributed by atoms with Crippen molar-refractivity contribution in [1.82, 2.24) is 4.98 Å². The van der Waals surface area contributed by atoms with Crippen LogP contribution in [0.15, 0.2) is 17.5 Å². The third kappa shape index (κ3) is 5.30. The number of aliphatic hydroxyl groups excluding tert-OH is 1. The van der Waals surface area contributed by atoms with E-state index in [9.17, 15) is 14.7 Å². The van der Waals surface area contributed by atoms with Crippen LogP contribution in [-0.2, 0) is 9.59 Å². The molecule has 0 aliphatic rings. The van der Waals surface area contributed by atoms with Gasteiger partial charge in [0.1, 0.15) is 5.75 Å². The van der Waals surface area contributed by atoms with Gasteiger partial charge in [0.2, 0.25) is 0 Å². The zero-order chi connectivity index (χ0) is 18.3. The largest absolute Gasteiger partial charge is 0.507 e. The molecular formula is C15H19N3O5S. The maximum Gasteiger partial charge on any atom is 0.394 e. The second-order valence-corrected chi connectivity index (χ2v) is 5.64. The number of amides is 1. The summed E-state index contributed by atoms with van der Waals surface area (Å²) in [6.07, 6.45) is 0. The molecule has 8 nitrogen and oxygen atoms in total. The second-order valence-electron chi connectivity index (χ2n) is 4.79. The molecule has 1 aromatic carbocycles. The Hall–Kier alpha value is -2.49. The van der Waals surface area contributed by atoms with Gasteiger partial charge >= 0.3 is 11.9 Å². The van der Waals surface area contributed by atoms with Crippen molar-refractivity contribution in [2.24, 2.45) is 5.73 Å². The average Bonchev–Trinajstić information content (AvgIpc) is 2.94. The van der Waals surface area contributed by atoms with Crippen molar-refractivity contribution in [3.63, 3.8) is 0 Å². The fourth-order valence-electron chi connectivity index (χ4n) is 1.87. The monoisotopic (exact) mass is 353 g/mol. The van der Waals surface area contributed by atoms with E-state index in [1.54, 1.807) is 11.4 Å². The van der Waals surface area contributed by atoms with Crippen molar-refractivity contribution in [2.75, 3.05) is 18.5 Å². The molecule has 0 fully saturated rings. The van der Waals surface area contributed by atoms with E-state index in [2.05, 4.69) is 10.3 Å². The van der Waals surface area contributed by atoms with Crippen LogP contribution in [0.2, 0.25) is 0 Å². The summed E-state index contributed by atoms with van der Waals surface area (Å²) in [4.78, 5) is 25.6. The van der Waals surface area contributed by atoms with E-state index >= 15 is 0 Å². The molecule has 0 unspecified atom stereocenters. The van der Waals surface area contributed by atoms with Crippen molar-refractivity contribution in [3.05, 3.63) is 28.6 Å². The quantitative estimate of drug-likeness (QED) is 0.519. The van der Waals surface area contributed by atoms with E-state index in [1.165, 1.54) is 0 Å². The van der Waals surface area contributed by atoms with Crippen LogP contribution in [0.25, 0.3) is 11.3 Å². The highest BCUT2D eigenvalue weighted by Gasteiger charge is 2.16. The Balaban J connectivity index is 0.000000648. The standard InChI is InChI=1S/C13H12N2O4S.C2H7NO/c1-6-3-7(2)10(9(16)4-6)8-5-20-13(14-8)15-11(17)12(18)19;3-1-2-4/h3-5,16H,1-2H3,(H,18,19)(H,14,15,17);4H,1-3H2. The summed E-state index contributed by atoms with van der Waals surface area (Å²) in [6, 6.07) is 3.53. The number of nitrogens with two attached hydrogens (primary N) is 1. The first kappa shape index (κ1) is 19.6. The van der Waals surface area contributed by atoms with Gasteiger partial charge < -0.3 is 21.1 Å².